The largest absolute Gasteiger partial charge is 0.482 e. The third-order valence-electron chi connectivity index (χ3n) is 3.83. The maximum absolute atomic E-state index is 12.0. The summed E-state index contributed by atoms with van der Waals surface area (Å²) >= 11 is 0. The second-order valence-corrected chi connectivity index (χ2v) is 6.00. The molecule has 3 rings (SSSR count). The molecule has 0 spiro atoms. The van der Waals surface area contributed by atoms with Crippen LogP contribution in [0.3, 0.4) is 0 Å². The molecule has 6 nitrogen and oxygen atoms in total. The number of carbonyl (C=O) groups excluding carboxylic acids is 1. The lowest BCUT2D eigenvalue weighted by atomic mass is 10.1. The van der Waals surface area contributed by atoms with E-state index in [0.29, 0.717) is 11.6 Å². The van der Waals surface area contributed by atoms with Crippen LogP contribution in [0.4, 0.5) is 0 Å². The minimum atomic E-state index is -0.658. The average molecular weight is 352 g/mol. The van der Waals surface area contributed by atoms with Gasteiger partial charge in [0.2, 0.25) is 5.89 Å². The fraction of sp³-hybridized carbons (Fsp3) is 0.250. The molecular weight excluding hydrogens is 332 g/mol. The number of esters is 1. The summed E-state index contributed by atoms with van der Waals surface area (Å²) in [6.07, 6.45) is -0.658. The van der Waals surface area contributed by atoms with E-state index in [1.807, 2.05) is 56.3 Å². The van der Waals surface area contributed by atoms with Crippen molar-refractivity contribution in [2.45, 2.75) is 26.9 Å². The van der Waals surface area contributed by atoms with E-state index < -0.39 is 12.1 Å². The molecule has 1 heterocycles. The van der Waals surface area contributed by atoms with Crippen LogP contribution in [-0.2, 0) is 9.53 Å². The van der Waals surface area contributed by atoms with Gasteiger partial charge in [-0.3, -0.25) is 0 Å². The van der Waals surface area contributed by atoms with Crippen molar-refractivity contribution < 1.29 is 18.7 Å². The molecule has 0 amide bonds. The highest BCUT2D eigenvalue weighted by Gasteiger charge is 2.19. The Morgan fingerprint density at radius 2 is 1.81 bits per heavy atom. The van der Waals surface area contributed by atoms with Gasteiger partial charge in [0.05, 0.1) is 0 Å². The number of benzene rings is 2. The van der Waals surface area contributed by atoms with E-state index in [2.05, 4.69) is 10.2 Å². The topological polar surface area (TPSA) is 74.5 Å². The van der Waals surface area contributed by atoms with Crippen LogP contribution < -0.4 is 4.74 Å². The van der Waals surface area contributed by atoms with Crippen LogP contribution in [0.25, 0.3) is 11.5 Å². The summed E-state index contributed by atoms with van der Waals surface area (Å²) in [6, 6.07) is 15.2. The number of aromatic nitrogens is 2. The number of hydrogen-bond donors (Lipinski definition) is 0. The first-order chi connectivity index (χ1) is 12.5. The molecule has 1 unspecified atom stereocenters. The molecule has 0 saturated carbocycles. The molecule has 134 valence electrons. The Morgan fingerprint density at radius 3 is 2.54 bits per heavy atom. The minimum absolute atomic E-state index is 0.186. The van der Waals surface area contributed by atoms with Crippen molar-refractivity contribution in [1.82, 2.24) is 10.2 Å². The molecule has 26 heavy (non-hydrogen) atoms. The zero-order valence-electron chi connectivity index (χ0n) is 14.9. The predicted molar refractivity (Wildman–Crippen MR) is 95.7 cm³/mol. The van der Waals surface area contributed by atoms with Gasteiger partial charge >= 0.3 is 5.97 Å². The maximum atomic E-state index is 12.0. The molecule has 6 heteroatoms. The van der Waals surface area contributed by atoms with E-state index in [1.165, 1.54) is 0 Å². The van der Waals surface area contributed by atoms with Crippen molar-refractivity contribution in [2.75, 3.05) is 6.61 Å². The van der Waals surface area contributed by atoms with Gasteiger partial charge in [-0.15, -0.1) is 10.2 Å². The average Bonchev–Trinajstić information content (AvgIpc) is 3.12. The highest BCUT2D eigenvalue weighted by atomic mass is 16.6. The molecule has 0 aliphatic carbocycles. The van der Waals surface area contributed by atoms with Crippen molar-refractivity contribution in [3.05, 3.63) is 65.5 Å². The third kappa shape index (κ3) is 4.27. The van der Waals surface area contributed by atoms with E-state index in [0.717, 1.165) is 16.7 Å². The Balaban J connectivity index is 1.58. The first kappa shape index (κ1) is 17.7. The normalized spacial score (nSPS) is 11.8. The minimum Gasteiger partial charge on any atom is -0.482 e. The van der Waals surface area contributed by atoms with Gasteiger partial charge in [0, 0.05) is 5.56 Å². The summed E-state index contributed by atoms with van der Waals surface area (Å²) in [6.45, 7) is 5.41. The lowest BCUT2D eigenvalue weighted by molar-refractivity contribution is -0.152. The van der Waals surface area contributed by atoms with E-state index in [4.69, 9.17) is 13.9 Å². The van der Waals surface area contributed by atoms with Crippen LogP contribution in [0.15, 0.2) is 52.9 Å². The van der Waals surface area contributed by atoms with Gasteiger partial charge in [0.1, 0.15) is 5.75 Å². The zero-order valence-corrected chi connectivity index (χ0v) is 14.9. The van der Waals surface area contributed by atoms with Crippen LogP contribution in [0.5, 0.6) is 5.75 Å². The van der Waals surface area contributed by atoms with Crippen LogP contribution in [0.1, 0.15) is 30.0 Å². The Hall–Kier alpha value is -3.15. The molecule has 0 N–H and O–H groups in total. The second-order valence-electron chi connectivity index (χ2n) is 6.00. The van der Waals surface area contributed by atoms with Gasteiger partial charge in [-0.2, -0.15) is 0 Å². The van der Waals surface area contributed by atoms with Gasteiger partial charge in [-0.25, -0.2) is 4.79 Å². The number of ether oxygens (including phenoxy) is 2. The van der Waals surface area contributed by atoms with Gasteiger partial charge in [0.25, 0.3) is 5.89 Å². The number of aryl methyl sites for hydroxylation is 2. The first-order valence-electron chi connectivity index (χ1n) is 8.31. The first-order valence-corrected chi connectivity index (χ1v) is 8.31. The fourth-order valence-corrected chi connectivity index (χ4v) is 2.35. The quantitative estimate of drug-likeness (QED) is 0.623. The summed E-state index contributed by atoms with van der Waals surface area (Å²) in [5.41, 5.74) is 2.91. The number of rotatable bonds is 6. The molecule has 0 radical (unpaired) electrons. The van der Waals surface area contributed by atoms with Crippen molar-refractivity contribution >= 4 is 5.97 Å². The monoisotopic (exact) mass is 352 g/mol. The molecule has 1 aromatic heterocycles. The third-order valence-corrected chi connectivity index (χ3v) is 3.83. The number of para-hydroxylation sites is 1. The summed E-state index contributed by atoms with van der Waals surface area (Å²) in [4.78, 5) is 12.0. The second kappa shape index (κ2) is 7.82. The number of hydrogen-bond acceptors (Lipinski definition) is 6. The number of nitrogens with zero attached hydrogens (tertiary/aromatic N) is 2. The van der Waals surface area contributed by atoms with Crippen LogP contribution in [0, 0.1) is 13.8 Å². The smallest absolute Gasteiger partial charge is 0.344 e. The SMILES string of the molecule is Cc1ccc(-c2nnc(C(C)OC(=O)COc3ccccc3C)o2)cc1. The van der Waals surface area contributed by atoms with Crippen molar-refractivity contribution in [3.8, 4) is 17.2 Å². The molecule has 0 bridgehead atoms. The molecule has 0 fully saturated rings. The molecule has 3 aromatic rings. The molecule has 1 atom stereocenters. The number of carbonyl (C=O) groups is 1. The van der Waals surface area contributed by atoms with E-state index in [1.54, 1.807) is 13.0 Å². The lowest BCUT2D eigenvalue weighted by Gasteiger charge is -2.11. The predicted octanol–water partition coefficient (Wildman–Crippen LogP) is 4.04. The van der Waals surface area contributed by atoms with Gasteiger partial charge in [0.15, 0.2) is 12.7 Å². The van der Waals surface area contributed by atoms with Crippen LogP contribution in [-0.4, -0.2) is 22.8 Å². The lowest BCUT2D eigenvalue weighted by Crippen LogP contribution is -2.17. The molecular formula is C20H20N2O4. The van der Waals surface area contributed by atoms with Crippen molar-refractivity contribution in [2.24, 2.45) is 0 Å². The highest BCUT2D eigenvalue weighted by Crippen LogP contribution is 2.23. The fourth-order valence-electron chi connectivity index (χ4n) is 2.35. The van der Waals surface area contributed by atoms with Crippen molar-refractivity contribution in [1.29, 1.82) is 0 Å². The Labute approximate surface area is 151 Å². The highest BCUT2D eigenvalue weighted by molar-refractivity contribution is 5.71. The van der Waals surface area contributed by atoms with Crippen molar-refractivity contribution in [3.63, 3.8) is 0 Å². The molecule has 0 saturated heterocycles. The van der Waals surface area contributed by atoms with E-state index >= 15 is 0 Å². The Kier molecular flexibility index (Phi) is 5.31. The van der Waals surface area contributed by atoms with Gasteiger partial charge in [-0.05, 0) is 44.5 Å². The zero-order chi connectivity index (χ0) is 18.5. The van der Waals surface area contributed by atoms with Gasteiger partial charge < -0.3 is 13.9 Å². The molecule has 0 aliphatic rings. The van der Waals surface area contributed by atoms with Crippen LogP contribution >= 0.6 is 0 Å². The van der Waals surface area contributed by atoms with Crippen LogP contribution in [0.2, 0.25) is 0 Å². The van der Waals surface area contributed by atoms with E-state index in [-0.39, 0.29) is 12.5 Å². The molecule has 2 aromatic carbocycles. The van der Waals surface area contributed by atoms with Gasteiger partial charge in [-0.1, -0.05) is 35.9 Å². The molecule has 0 aliphatic heterocycles. The summed E-state index contributed by atoms with van der Waals surface area (Å²) in [5, 5.41) is 7.98. The summed E-state index contributed by atoms with van der Waals surface area (Å²) in [7, 11) is 0. The standard InChI is InChI=1S/C20H20N2O4/c1-13-8-10-16(11-9-13)20-22-21-19(26-20)15(3)25-18(23)12-24-17-7-5-4-6-14(17)2/h4-11,15H,12H2,1-3H3. The summed E-state index contributed by atoms with van der Waals surface area (Å²) in [5.74, 6) is 0.774. The maximum Gasteiger partial charge on any atom is 0.344 e. The Morgan fingerprint density at radius 1 is 1.08 bits per heavy atom. The Bertz CT molecular complexity index is 887. The van der Waals surface area contributed by atoms with E-state index in [9.17, 15) is 4.79 Å². The summed E-state index contributed by atoms with van der Waals surface area (Å²) < 4.78 is 16.4.